The van der Waals surface area contributed by atoms with Crippen molar-refractivity contribution < 1.29 is 9.59 Å². The van der Waals surface area contributed by atoms with E-state index in [0.717, 1.165) is 11.3 Å². The second-order valence-electron chi connectivity index (χ2n) is 5.16. The number of anilines is 1. The molecule has 2 aromatic rings. The van der Waals surface area contributed by atoms with Crippen LogP contribution in [0.15, 0.2) is 30.3 Å². The minimum absolute atomic E-state index is 0.128. The normalized spacial score (nSPS) is 16.5. The quantitative estimate of drug-likeness (QED) is 0.897. The zero-order chi connectivity index (χ0) is 15.0. The minimum Gasteiger partial charge on any atom is -0.345 e. The second kappa shape index (κ2) is 5.05. The molecule has 0 spiro atoms. The van der Waals surface area contributed by atoms with Gasteiger partial charge >= 0.3 is 0 Å². The van der Waals surface area contributed by atoms with Crippen molar-refractivity contribution in [3.8, 4) is 0 Å². The average molecular weight is 284 g/mol. The summed E-state index contributed by atoms with van der Waals surface area (Å²) >= 11 is 0. The summed E-state index contributed by atoms with van der Waals surface area (Å²) in [5.74, 6) is 0.227. The molecule has 0 saturated carbocycles. The van der Waals surface area contributed by atoms with E-state index in [1.165, 1.54) is 0 Å². The highest BCUT2D eigenvalue weighted by molar-refractivity contribution is 6.00. The first-order valence-electron chi connectivity index (χ1n) is 6.75. The van der Waals surface area contributed by atoms with Crippen molar-refractivity contribution in [2.45, 2.75) is 19.4 Å². The summed E-state index contributed by atoms with van der Waals surface area (Å²) in [4.78, 5) is 23.9. The van der Waals surface area contributed by atoms with E-state index in [1.54, 1.807) is 16.8 Å². The summed E-state index contributed by atoms with van der Waals surface area (Å²) in [7, 11) is 1.82. The molecule has 1 atom stereocenters. The van der Waals surface area contributed by atoms with Crippen molar-refractivity contribution in [1.82, 2.24) is 15.1 Å². The van der Waals surface area contributed by atoms with Crippen LogP contribution in [-0.4, -0.2) is 21.6 Å². The Labute approximate surface area is 122 Å². The Bertz CT molecular complexity index is 701. The Morgan fingerprint density at radius 2 is 2.19 bits per heavy atom. The third-order valence-electron chi connectivity index (χ3n) is 3.66. The molecule has 6 nitrogen and oxygen atoms in total. The Balaban J connectivity index is 1.70. The van der Waals surface area contributed by atoms with E-state index >= 15 is 0 Å². The summed E-state index contributed by atoms with van der Waals surface area (Å²) in [6.45, 7) is 1.91. The molecular weight excluding hydrogens is 268 g/mol. The number of rotatable bonds is 3. The van der Waals surface area contributed by atoms with Crippen LogP contribution >= 0.6 is 0 Å². The number of hydrogen-bond acceptors (Lipinski definition) is 3. The zero-order valence-electron chi connectivity index (χ0n) is 11.9. The van der Waals surface area contributed by atoms with E-state index in [9.17, 15) is 9.59 Å². The van der Waals surface area contributed by atoms with E-state index in [4.69, 9.17) is 0 Å². The Morgan fingerprint density at radius 1 is 1.43 bits per heavy atom. The maximum absolute atomic E-state index is 12.1. The summed E-state index contributed by atoms with van der Waals surface area (Å²) < 4.78 is 1.70. The SMILES string of the molecule is Cc1cc(NC(=O)CC2NC(=O)c3ccccc32)nn1C. The van der Waals surface area contributed by atoms with E-state index in [0.29, 0.717) is 11.4 Å². The average Bonchev–Trinajstić information content (AvgIpc) is 2.91. The molecule has 1 unspecified atom stereocenters. The number of carbonyl (C=O) groups is 2. The van der Waals surface area contributed by atoms with Gasteiger partial charge in [-0.1, -0.05) is 18.2 Å². The molecule has 2 heterocycles. The van der Waals surface area contributed by atoms with E-state index in [2.05, 4.69) is 15.7 Å². The lowest BCUT2D eigenvalue weighted by molar-refractivity contribution is -0.116. The molecule has 1 aliphatic rings. The van der Waals surface area contributed by atoms with Crippen LogP contribution in [0.1, 0.15) is 34.1 Å². The van der Waals surface area contributed by atoms with Crippen LogP contribution in [0, 0.1) is 6.92 Å². The van der Waals surface area contributed by atoms with Gasteiger partial charge in [-0.05, 0) is 18.6 Å². The predicted octanol–water partition coefficient (Wildman–Crippen LogP) is 1.54. The molecule has 1 aromatic heterocycles. The summed E-state index contributed by atoms with van der Waals surface area (Å²) in [6, 6.07) is 8.85. The molecule has 3 rings (SSSR count). The van der Waals surface area contributed by atoms with Gasteiger partial charge in [-0.2, -0.15) is 5.10 Å². The third kappa shape index (κ3) is 2.52. The molecule has 108 valence electrons. The number of benzene rings is 1. The van der Waals surface area contributed by atoms with Crippen LogP contribution in [0.25, 0.3) is 0 Å². The first-order valence-corrected chi connectivity index (χ1v) is 6.75. The van der Waals surface area contributed by atoms with Gasteiger partial charge in [0.15, 0.2) is 5.82 Å². The van der Waals surface area contributed by atoms with Gasteiger partial charge in [0.05, 0.1) is 12.5 Å². The monoisotopic (exact) mass is 284 g/mol. The highest BCUT2D eigenvalue weighted by Gasteiger charge is 2.29. The van der Waals surface area contributed by atoms with Crippen LogP contribution < -0.4 is 10.6 Å². The second-order valence-corrected chi connectivity index (χ2v) is 5.16. The number of carbonyl (C=O) groups excluding carboxylic acids is 2. The molecule has 0 bridgehead atoms. The van der Waals surface area contributed by atoms with Gasteiger partial charge < -0.3 is 10.6 Å². The number of amides is 2. The van der Waals surface area contributed by atoms with Gasteiger partial charge in [0, 0.05) is 24.4 Å². The molecule has 0 aliphatic carbocycles. The van der Waals surface area contributed by atoms with Crippen LogP contribution in [0.4, 0.5) is 5.82 Å². The predicted molar refractivity (Wildman–Crippen MR) is 77.8 cm³/mol. The van der Waals surface area contributed by atoms with Gasteiger partial charge in [0.2, 0.25) is 5.91 Å². The van der Waals surface area contributed by atoms with E-state index in [-0.39, 0.29) is 24.3 Å². The first kappa shape index (κ1) is 13.4. The Morgan fingerprint density at radius 3 is 2.90 bits per heavy atom. The zero-order valence-corrected chi connectivity index (χ0v) is 11.9. The molecule has 0 radical (unpaired) electrons. The molecule has 6 heteroatoms. The number of nitrogens with zero attached hydrogens (tertiary/aromatic N) is 2. The highest BCUT2D eigenvalue weighted by Crippen LogP contribution is 2.27. The standard InChI is InChI=1S/C15H16N4O2/c1-9-7-13(18-19(9)2)17-14(20)8-12-10-5-3-4-6-11(10)15(21)16-12/h3-7,12H,8H2,1-2H3,(H,16,21)(H,17,18,20). The molecule has 1 aliphatic heterocycles. The third-order valence-corrected chi connectivity index (χ3v) is 3.66. The molecule has 0 saturated heterocycles. The van der Waals surface area contributed by atoms with Crippen molar-refractivity contribution in [3.63, 3.8) is 0 Å². The van der Waals surface area contributed by atoms with E-state index in [1.807, 2.05) is 32.2 Å². The fraction of sp³-hybridized carbons (Fsp3) is 0.267. The fourth-order valence-corrected chi connectivity index (χ4v) is 2.48. The lowest BCUT2D eigenvalue weighted by atomic mass is 10.0. The highest BCUT2D eigenvalue weighted by atomic mass is 16.2. The number of fused-ring (bicyclic) bond motifs is 1. The first-order chi connectivity index (χ1) is 10.0. The molecule has 21 heavy (non-hydrogen) atoms. The molecule has 1 aromatic carbocycles. The van der Waals surface area contributed by atoms with Crippen LogP contribution in [0.3, 0.4) is 0 Å². The van der Waals surface area contributed by atoms with Crippen LogP contribution in [-0.2, 0) is 11.8 Å². The van der Waals surface area contributed by atoms with Gasteiger partial charge in [-0.25, -0.2) is 0 Å². The topological polar surface area (TPSA) is 76.0 Å². The van der Waals surface area contributed by atoms with Crippen molar-refractivity contribution >= 4 is 17.6 Å². The van der Waals surface area contributed by atoms with Crippen LogP contribution in [0.5, 0.6) is 0 Å². The molecular formula is C15H16N4O2. The van der Waals surface area contributed by atoms with Gasteiger partial charge in [0.25, 0.3) is 5.91 Å². The fourth-order valence-electron chi connectivity index (χ4n) is 2.48. The minimum atomic E-state index is -0.279. The Kier molecular flexibility index (Phi) is 3.21. The smallest absolute Gasteiger partial charge is 0.252 e. The van der Waals surface area contributed by atoms with Crippen LogP contribution in [0.2, 0.25) is 0 Å². The largest absolute Gasteiger partial charge is 0.345 e. The van der Waals surface area contributed by atoms with E-state index < -0.39 is 0 Å². The maximum atomic E-state index is 12.1. The summed E-state index contributed by atoms with van der Waals surface area (Å²) in [6.07, 6.45) is 0.193. The maximum Gasteiger partial charge on any atom is 0.252 e. The Hall–Kier alpha value is -2.63. The lowest BCUT2D eigenvalue weighted by Crippen LogP contribution is -2.24. The van der Waals surface area contributed by atoms with Crippen molar-refractivity contribution in [2.24, 2.45) is 7.05 Å². The number of aryl methyl sites for hydroxylation is 2. The number of nitrogens with one attached hydrogen (secondary N) is 2. The van der Waals surface area contributed by atoms with Gasteiger partial charge in [-0.3, -0.25) is 14.3 Å². The van der Waals surface area contributed by atoms with Gasteiger partial charge in [0.1, 0.15) is 0 Å². The summed E-state index contributed by atoms with van der Waals surface area (Å²) in [5, 5.41) is 9.76. The summed E-state index contributed by atoms with van der Waals surface area (Å²) in [5.41, 5.74) is 2.48. The number of hydrogen-bond donors (Lipinski definition) is 2. The van der Waals surface area contributed by atoms with Crippen molar-refractivity contribution in [2.75, 3.05) is 5.32 Å². The molecule has 2 amide bonds. The van der Waals surface area contributed by atoms with Crippen molar-refractivity contribution in [3.05, 3.63) is 47.2 Å². The van der Waals surface area contributed by atoms with Gasteiger partial charge in [-0.15, -0.1) is 0 Å². The molecule has 0 fully saturated rings. The molecule has 2 N–H and O–H groups in total. The number of aromatic nitrogens is 2. The van der Waals surface area contributed by atoms with Crippen molar-refractivity contribution in [1.29, 1.82) is 0 Å². The lowest BCUT2D eigenvalue weighted by Gasteiger charge is -2.10.